The molecule has 8 nitrogen and oxygen atoms in total. The fourth-order valence-electron chi connectivity index (χ4n) is 3.67. The molecule has 2 aromatic rings. The molecule has 31 heavy (non-hydrogen) atoms. The molecule has 0 amide bonds. The zero-order valence-corrected chi connectivity index (χ0v) is 18.1. The van der Waals surface area contributed by atoms with E-state index in [1.54, 1.807) is 12.2 Å². The highest BCUT2D eigenvalue weighted by Crippen LogP contribution is 2.44. The monoisotopic (exact) mass is 451 g/mol. The molecular formula is C21H23ClFN3O5. The summed E-state index contributed by atoms with van der Waals surface area (Å²) in [6.45, 7) is 2.01. The number of aliphatic carboxylic acids is 1. The van der Waals surface area contributed by atoms with Gasteiger partial charge in [-0.2, -0.15) is 5.10 Å². The quantitative estimate of drug-likeness (QED) is 0.662. The number of aromatic nitrogens is 3. The summed E-state index contributed by atoms with van der Waals surface area (Å²) in [6.07, 6.45) is 7.69. The van der Waals surface area contributed by atoms with Crippen LogP contribution in [0.4, 0.5) is 4.39 Å². The van der Waals surface area contributed by atoms with Crippen molar-refractivity contribution in [3.63, 3.8) is 0 Å². The van der Waals surface area contributed by atoms with E-state index < -0.39 is 28.9 Å². The predicted molar refractivity (Wildman–Crippen MR) is 113 cm³/mol. The van der Waals surface area contributed by atoms with Gasteiger partial charge < -0.3 is 14.6 Å². The summed E-state index contributed by atoms with van der Waals surface area (Å²) in [7, 11) is 2.88. The summed E-state index contributed by atoms with van der Waals surface area (Å²) in [5.74, 6) is -1.38. The summed E-state index contributed by atoms with van der Waals surface area (Å²) in [4.78, 5) is 24.7. The first-order chi connectivity index (χ1) is 14.7. The second-order valence-corrected chi connectivity index (χ2v) is 7.80. The standard InChI is InChI=1S/C21H23ClFN3O5/c1-21(26-11-14(23)10-24-26)6-4-13(22)8-16(21)15-9-19(27)25(12-18(15)31-3)17(20(28)29)5-7-30-2/h4,8-12,17H,5-7H2,1-3H3,(H,28,29). The van der Waals surface area contributed by atoms with E-state index in [0.29, 0.717) is 22.6 Å². The van der Waals surface area contributed by atoms with E-state index in [1.165, 1.54) is 37.4 Å². The molecular weight excluding hydrogens is 429 g/mol. The maximum atomic E-state index is 13.7. The third kappa shape index (κ3) is 4.42. The van der Waals surface area contributed by atoms with E-state index in [-0.39, 0.29) is 18.8 Å². The van der Waals surface area contributed by atoms with Crippen molar-refractivity contribution in [2.45, 2.75) is 31.3 Å². The van der Waals surface area contributed by atoms with E-state index in [9.17, 15) is 19.1 Å². The van der Waals surface area contributed by atoms with Crippen LogP contribution < -0.4 is 10.3 Å². The highest BCUT2D eigenvalue weighted by molar-refractivity contribution is 6.32. The molecule has 10 heteroatoms. The SMILES string of the molecule is COCCC(C(=O)O)n1cc(OC)c(C2=CC(Cl)=CCC2(C)n2cc(F)cn2)cc1=O. The minimum atomic E-state index is -1.16. The molecule has 1 aliphatic rings. The second kappa shape index (κ2) is 9.07. The van der Waals surface area contributed by atoms with Gasteiger partial charge in [-0.1, -0.05) is 17.7 Å². The largest absolute Gasteiger partial charge is 0.495 e. The van der Waals surface area contributed by atoms with Gasteiger partial charge in [-0.05, 0) is 25.0 Å². The first-order valence-electron chi connectivity index (χ1n) is 9.52. The van der Waals surface area contributed by atoms with Crippen LogP contribution in [0.15, 0.2) is 46.6 Å². The molecule has 0 saturated heterocycles. The minimum absolute atomic E-state index is 0.107. The number of carboxylic acid groups (broad SMARTS) is 1. The Hall–Kier alpha value is -2.91. The van der Waals surface area contributed by atoms with Gasteiger partial charge in [0, 0.05) is 36.8 Å². The maximum Gasteiger partial charge on any atom is 0.326 e. The zero-order valence-electron chi connectivity index (χ0n) is 17.3. The van der Waals surface area contributed by atoms with E-state index in [1.807, 2.05) is 6.92 Å². The molecule has 0 spiro atoms. The van der Waals surface area contributed by atoms with Crippen LogP contribution in [0.5, 0.6) is 5.75 Å². The highest BCUT2D eigenvalue weighted by Gasteiger charge is 2.36. The van der Waals surface area contributed by atoms with Gasteiger partial charge >= 0.3 is 5.97 Å². The molecule has 2 unspecified atom stereocenters. The fourth-order valence-corrected chi connectivity index (χ4v) is 3.86. The minimum Gasteiger partial charge on any atom is -0.495 e. The van der Waals surface area contributed by atoms with Crippen molar-refractivity contribution in [3.8, 4) is 5.75 Å². The maximum absolute atomic E-state index is 13.7. The number of methoxy groups -OCH3 is 2. The summed E-state index contributed by atoms with van der Waals surface area (Å²) in [5.41, 5.74) is -0.367. The van der Waals surface area contributed by atoms with E-state index in [4.69, 9.17) is 21.1 Å². The first-order valence-corrected chi connectivity index (χ1v) is 9.90. The van der Waals surface area contributed by atoms with Crippen LogP contribution in [0.25, 0.3) is 5.57 Å². The number of nitrogens with zero attached hydrogens (tertiary/aromatic N) is 3. The number of hydrogen-bond donors (Lipinski definition) is 1. The number of carboxylic acids is 1. The van der Waals surface area contributed by atoms with Crippen LogP contribution in [0.3, 0.4) is 0 Å². The van der Waals surface area contributed by atoms with Gasteiger partial charge in [-0.15, -0.1) is 0 Å². The lowest BCUT2D eigenvalue weighted by Crippen LogP contribution is -2.35. The number of allylic oxidation sites excluding steroid dienone is 4. The van der Waals surface area contributed by atoms with Crippen LogP contribution >= 0.6 is 11.6 Å². The van der Waals surface area contributed by atoms with Crippen molar-refractivity contribution in [1.29, 1.82) is 0 Å². The number of rotatable bonds is 8. The van der Waals surface area contributed by atoms with Gasteiger partial charge in [0.25, 0.3) is 5.56 Å². The Morgan fingerprint density at radius 3 is 2.74 bits per heavy atom. The number of halogens is 2. The van der Waals surface area contributed by atoms with E-state index in [2.05, 4.69) is 5.10 Å². The molecule has 0 aromatic carbocycles. The molecule has 2 atom stereocenters. The van der Waals surface area contributed by atoms with Crippen LogP contribution in [0.1, 0.15) is 31.4 Å². The van der Waals surface area contributed by atoms with Crippen molar-refractivity contribution in [1.82, 2.24) is 14.3 Å². The topological polar surface area (TPSA) is 95.6 Å². The Labute approximate surface area is 183 Å². The van der Waals surface area contributed by atoms with Crippen molar-refractivity contribution in [2.24, 2.45) is 0 Å². The molecule has 0 bridgehead atoms. The van der Waals surface area contributed by atoms with E-state index in [0.717, 1.165) is 10.8 Å². The lowest BCUT2D eigenvalue weighted by atomic mass is 9.80. The van der Waals surface area contributed by atoms with Crippen molar-refractivity contribution in [2.75, 3.05) is 20.8 Å². The molecule has 2 aromatic heterocycles. The molecule has 3 rings (SSSR count). The molecule has 2 heterocycles. The van der Waals surface area contributed by atoms with Crippen LogP contribution in [-0.2, 0) is 15.1 Å². The summed E-state index contributed by atoms with van der Waals surface area (Å²) < 4.78 is 26.8. The molecule has 166 valence electrons. The molecule has 0 aliphatic heterocycles. The molecule has 1 N–H and O–H groups in total. The molecule has 0 radical (unpaired) electrons. The Kier molecular flexibility index (Phi) is 6.66. The third-order valence-corrected chi connectivity index (χ3v) is 5.65. The Morgan fingerprint density at radius 1 is 1.42 bits per heavy atom. The average Bonchev–Trinajstić information content (AvgIpc) is 3.17. The molecule has 1 aliphatic carbocycles. The van der Waals surface area contributed by atoms with E-state index >= 15 is 0 Å². The number of carbonyl (C=O) groups is 1. The van der Waals surface area contributed by atoms with Crippen molar-refractivity contribution < 1.29 is 23.8 Å². The zero-order chi connectivity index (χ0) is 22.8. The Morgan fingerprint density at radius 2 is 2.16 bits per heavy atom. The third-order valence-electron chi connectivity index (χ3n) is 5.38. The van der Waals surface area contributed by atoms with Gasteiger partial charge in [-0.3, -0.25) is 14.0 Å². The van der Waals surface area contributed by atoms with Gasteiger partial charge in [0.15, 0.2) is 5.82 Å². The van der Waals surface area contributed by atoms with Crippen LogP contribution in [-0.4, -0.2) is 46.2 Å². The summed E-state index contributed by atoms with van der Waals surface area (Å²) in [6, 6.07) is 0.187. The van der Waals surface area contributed by atoms with Gasteiger partial charge in [-0.25, -0.2) is 9.18 Å². The summed E-state index contributed by atoms with van der Waals surface area (Å²) in [5, 5.41) is 14.1. The average molecular weight is 452 g/mol. The summed E-state index contributed by atoms with van der Waals surface area (Å²) >= 11 is 6.26. The smallest absolute Gasteiger partial charge is 0.326 e. The highest BCUT2D eigenvalue weighted by atomic mass is 35.5. The van der Waals surface area contributed by atoms with Gasteiger partial charge in [0.1, 0.15) is 11.8 Å². The van der Waals surface area contributed by atoms with Crippen molar-refractivity contribution >= 4 is 23.1 Å². The van der Waals surface area contributed by atoms with Crippen molar-refractivity contribution in [3.05, 3.63) is 63.6 Å². The Balaban J connectivity index is 2.16. The second-order valence-electron chi connectivity index (χ2n) is 7.36. The molecule has 0 saturated carbocycles. The Bertz CT molecular complexity index is 1110. The number of hydrogen-bond acceptors (Lipinski definition) is 5. The number of ether oxygens (including phenoxy) is 2. The normalized spacial score (nSPS) is 19.5. The lowest BCUT2D eigenvalue weighted by Gasteiger charge is -2.35. The molecule has 0 fully saturated rings. The fraction of sp³-hybridized carbons (Fsp3) is 0.381. The van der Waals surface area contributed by atoms with Crippen LogP contribution in [0, 0.1) is 5.82 Å². The predicted octanol–water partition coefficient (Wildman–Crippen LogP) is 3.18. The van der Waals surface area contributed by atoms with Crippen LogP contribution in [0.2, 0.25) is 0 Å². The first kappa shape index (κ1) is 22.8. The van der Waals surface area contributed by atoms with Gasteiger partial charge in [0.2, 0.25) is 0 Å². The number of pyridine rings is 1. The van der Waals surface area contributed by atoms with Gasteiger partial charge in [0.05, 0.1) is 31.2 Å². The lowest BCUT2D eigenvalue weighted by molar-refractivity contribution is -0.141.